The molecule has 0 aliphatic heterocycles. The minimum Gasteiger partial charge on any atom is -0.492 e. The highest BCUT2D eigenvalue weighted by atomic mass is 35.5. The van der Waals surface area contributed by atoms with Crippen LogP contribution in [-0.2, 0) is 0 Å². The van der Waals surface area contributed by atoms with Gasteiger partial charge < -0.3 is 10.5 Å². The Morgan fingerprint density at radius 1 is 1.45 bits per heavy atom. The van der Waals surface area contributed by atoms with Gasteiger partial charge >= 0.3 is 0 Å². The molecule has 11 heavy (non-hydrogen) atoms. The van der Waals surface area contributed by atoms with Gasteiger partial charge in [0.05, 0.1) is 12.8 Å². The van der Waals surface area contributed by atoms with E-state index in [-0.39, 0.29) is 11.1 Å². The molecule has 5 heteroatoms. The van der Waals surface area contributed by atoms with Gasteiger partial charge in [0.25, 0.3) is 0 Å². The van der Waals surface area contributed by atoms with Crippen LogP contribution in [0.25, 0.3) is 0 Å². The van der Waals surface area contributed by atoms with E-state index >= 15 is 0 Å². The van der Waals surface area contributed by atoms with Gasteiger partial charge in [-0.15, -0.1) is 0 Å². The summed E-state index contributed by atoms with van der Waals surface area (Å²) in [6.07, 6.45) is 0. The van der Waals surface area contributed by atoms with E-state index in [0.29, 0.717) is 11.4 Å². The number of hydrogen-bond donors (Lipinski definition) is 1. The number of halogens is 1. The Balaban J connectivity index is 3.25. The van der Waals surface area contributed by atoms with E-state index in [4.69, 9.17) is 22.1 Å². The van der Waals surface area contributed by atoms with Gasteiger partial charge in [0, 0.05) is 0 Å². The number of aryl methyl sites for hydroxylation is 1. The van der Waals surface area contributed by atoms with Crippen LogP contribution < -0.4 is 10.5 Å². The number of ether oxygens (including phenoxy) is 1. The molecule has 0 saturated heterocycles. The van der Waals surface area contributed by atoms with Crippen LogP contribution in [0, 0.1) is 6.92 Å². The van der Waals surface area contributed by atoms with E-state index in [0.717, 1.165) is 0 Å². The topological polar surface area (TPSA) is 61.0 Å². The SMILES string of the molecule is COc1c(C)nc(N)nc1Cl. The molecule has 1 heterocycles. The van der Waals surface area contributed by atoms with Crippen molar-refractivity contribution in [1.82, 2.24) is 9.97 Å². The van der Waals surface area contributed by atoms with E-state index < -0.39 is 0 Å². The third-order valence-corrected chi connectivity index (χ3v) is 1.47. The first-order valence-corrected chi connectivity index (χ1v) is 3.36. The van der Waals surface area contributed by atoms with Crippen molar-refractivity contribution in [1.29, 1.82) is 0 Å². The summed E-state index contributed by atoms with van der Waals surface area (Å²) in [6.45, 7) is 1.75. The highest BCUT2D eigenvalue weighted by Crippen LogP contribution is 2.24. The quantitative estimate of drug-likeness (QED) is 0.645. The Kier molecular flexibility index (Phi) is 2.14. The number of rotatable bonds is 1. The van der Waals surface area contributed by atoms with Gasteiger partial charge in [-0.25, -0.2) is 4.98 Å². The molecule has 4 nitrogen and oxygen atoms in total. The van der Waals surface area contributed by atoms with Crippen LogP contribution in [0.15, 0.2) is 0 Å². The Bertz CT molecular complexity index is 254. The van der Waals surface area contributed by atoms with Crippen LogP contribution in [0.1, 0.15) is 5.69 Å². The van der Waals surface area contributed by atoms with Gasteiger partial charge in [0.15, 0.2) is 10.9 Å². The highest BCUT2D eigenvalue weighted by Gasteiger charge is 2.07. The monoisotopic (exact) mass is 173 g/mol. The smallest absolute Gasteiger partial charge is 0.221 e. The number of aromatic nitrogens is 2. The van der Waals surface area contributed by atoms with E-state index in [1.807, 2.05) is 0 Å². The fourth-order valence-electron chi connectivity index (χ4n) is 0.780. The zero-order valence-corrected chi connectivity index (χ0v) is 7.01. The molecule has 60 valence electrons. The number of nitrogens with zero attached hydrogens (tertiary/aromatic N) is 2. The maximum absolute atomic E-state index is 5.68. The summed E-state index contributed by atoms with van der Waals surface area (Å²) >= 11 is 5.68. The number of anilines is 1. The minimum absolute atomic E-state index is 0.160. The number of hydrogen-bond acceptors (Lipinski definition) is 4. The van der Waals surface area contributed by atoms with Gasteiger partial charge in [-0.1, -0.05) is 11.6 Å². The van der Waals surface area contributed by atoms with Gasteiger partial charge in [0.2, 0.25) is 5.95 Å². The molecular formula is C6H8ClN3O. The van der Waals surface area contributed by atoms with E-state index in [2.05, 4.69) is 9.97 Å². The highest BCUT2D eigenvalue weighted by molar-refractivity contribution is 6.31. The Morgan fingerprint density at radius 2 is 2.09 bits per heavy atom. The second kappa shape index (κ2) is 2.92. The predicted molar refractivity (Wildman–Crippen MR) is 42.7 cm³/mol. The van der Waals surface area contributed by atoms with E-state index in [9.17, 15) is 0 Å². The number of nitrogens with two attached hydrogens (primary N) is 1. The lowest BCUT2D eigenvalue weighted by Crippen LogP contribution is -2.00. The molecule has 0 amide bonds. The standard InChI is InChI=1S/C6H8ClN3O/c1-3-4(11-2)5(7)10-6(8)9-3/h1-2H3,(H2,8,9,10). The predicted octanol–water partition coefficient (Wildman–Crippen LogP) is 1.03. The maximum Gasteiger partial charge on any atom is 0.221 e. The summed E-state index contributed by atoms with van der Waals surface area (Å²) in [5.41, 5.74) is 5.96. The third-order valence-electron chi connectivity index (χ3n) is 1.22. The Morgan fingerprint density at radius 3 is 2.55 bits per heavy atom. The molecule has 1 rings (SSSR count). The number of nitrogen functional groups attached to an aromatic ring is 1. The van der Waals surface area contributed by atoms with Crippen molar-refractivity contribution in [2.45, 2.75) is 6.92 Å². The zero-order valence-electron chi connectivity index (χ0n) is 6.26. The van der Waals surface area contributed by atoms with Gasteiger partial charge in [-0.05, 0) is 6.92 Å². The second-order valence-electron chi connectivity index (χ2n) is 1.99. The van der Waals surface area contributed by atoms with Crippen LogP contribution in [-0.4, -0.2) is 17.1 Å². The molecule has 0 atom stereocenters. The van der Waals surface area contributed by atoms with E-state index in [1.165, 1.54) is 7.11 Å². The number of methoxy groups -OCH3 is 1. The summed E-state index contributed by atoms with van der Waals surface area (Å²) in [6, 6.07) is 0. The summed E-state index contributed by atoms with van der Waals surface area (Å²) in [4.78, 5) is 7.57. The van der Waals surface area contributed by atoms with Crippen LogP contribution in [0.4, 0.5) is 5.95 Å². The van der Waals surface area contributed by atoms with Crippen molar-refractivity contribution in [2.75, 3.05) is 12.8 Å². The van der Waals surface area contributed by atoms with Crippen molar-refractivity contribution in [2.24, 2.45) is 0 Å². The van der Waals surface area contributed by atoms with Crippen molar-refractivity contribution < 1.29 is 4.74 Å². The normalized spacial score (nSPS) is 9.73. The second-order valence-corrected chi connectivity index (χ2v) is 2.35. The maximum atomic E-state index is 5.68. The zero-order chi connectivity index (χ0) is 8.43. The summed E-state index contributed by atoms with van der Waals surface area (Å²) in [5.74, 6) is 0.633. The molecule has 0 spiro atoms. The lowest BCUT2D eigenvalue weighted by atomic mass is 10.4. The molecule has 0 aromatic carbocycles. The molecule has 0 radical (unpaired) electrons. The first kappa shape index (κ1) is 8.07. The first-order chi connectivity index (χ1) is 5.15. The van der Waals surface area contributed by atoms with Gasteiger partial charge in [-0.3, -0.25) is 0 Å². The fourth-order valence-corrected chi connectivity index (χ4v) is 1.08. The summed E-state index contributed by atoms with van der Waals surface area (Å²) in [5, 5.41) is 0.248. The third kappa shape index (κ3) is 1.51. The minimum atomic E-state index is 0.160. The molecule has 1 aromatic heterocycles. The van der Waals surface area contributed by atoms with Crippen LogP contribution in [0.2, 0.25) is 5.15 Å². The first-order valence-electron chi connectivity index (χ1n) is 2.98. The Labute approximate surface area is 69.4 Å². The lowest BCUT2D eigenvalue weighted by molar-refractivity contribution is 0.407. The molecular weight excluding hydrogens is 166 g/mol. The molecule has 1 aromatic rings. The van der Waals surface area contributed by atoms with Gasteiger partial charge in [0.1, 0.15) is 0 Å². The van der Waals surface area contributed by atoms with E-state index in [1.54, 1.807) is 6.92 Å². The summed E-state index contributed by atoms with van der Waals surface area (Å²) in [7, 11) is 1.51. The average molecular weight is 174 g/mol. The molecule has 0 aliphatic rings. The van der Waals surface area contributed by atoms with Crippen LogP contribution in [0.3, 0.4) is 0 Å². The van der Waals surface area contributed by atoms with Gasteiger partial charge in [-0.2, -0.15) is 4.98 Å². The van der Waals surface area contributed by atoms with Crippen molar-refractivity contribution in [3.8, 4) is 5.75 Å². The fraction of sp³-hybridized carbons (Fsp3) is 0.333. The molecule has 0 unspecified atom stereocenters. The molecule has 0 aliphatic carbocycles. The molecule has 0 fully saturated rings. The van der Waals surface area contributed by atoms with Crippen LogP contribution in [0.5, 0.6) is 5.75 Å². The lowest BCUT2D eigenvalue weighted by Gasteiger charge is -2.04. The average Bonchev–Trinajstić information content (AvgIpc) is 1.85. The van der Waals surface area contributed by atoms with Crippen molar-refractivity contribution >= 4 is 17.5 Å². The molecule has 2 N–H and O–H groups in total. The molecule has 0 saturated carbocycles. The molecule has 0 bridgehead atoms. The summed E-state index contributed by atoms with van der Waals surface area (Å²) < 4.78 is 4.92. The van der Waals surface area contributed by atoms with Crippen molar-refractivity contribution in [3.05, 3.63) is 10.8 Å². The Hall–Kier alpha value is -1.03. The van der Waals surface area contributed by atoms with Crippen LogP contribution >= 0.6 is 11.6 Å². The van der Waals surface area contributed by atoms with Crippen molar-refractivity contribution in [3.63, 3.8) is 0 Å². The largest absolute Gasteiger partial charge is 0.492 e.